The van der Waals surface area contributed by atoms with Gasteiger partial charge in [-0.3, -0.25) is 13.9 Å². The van der Waals surface area contributed by atoms with E-state index in [0.29, 0.717) is 29.6 Å². The molecule has 0 saturated heterocycles. The first-order valence-electron chi connectivity index (χ1n) is 11.3. The number of benzene rings is 2. The van der Waals surface area contributed by atoms with Crippen LogP contribution in [0.1, 0.15) is 29.2 Å². The molecule has 0 radical (unpaired) electrons. The highest BCUT2D eigenvalue weighted by Crippen LogP contribution is 2.33. The van der Waals surface area contributed by atoms with Crippen LogP contribution >= 0.6 is 0 Å². The third-order valence-electron chi connectivity index (χ3n) is 6.71. The highest BCUT2D eigenvalue weighted by atomic mass is 16.2. The average Bonchev–Trinajstić information content (AvgIpc) is 3.17. The van der Waals surface area contributed by atoms with E-state index in [-0.39, 0.29) is 17.8 Å². The van der Waals surface area contributed by atoms with Crippen molar-refractivity contribution in [3.05, 3.63) is 85.6 Å². The monoisotopic (exact) mass is 443 g/mol. The molecule has 1 aliphatic rings. The number of hydrogen-bond acceptors (Lipinski definition) is 4. The van der Waals surface area contributed by atoms with Crippen molar-refractivity contribution >= 4 is 22.8 Å². The Morgan fingerprint density at radius 2 is 1.70 bits per heavy atom. The summed E-state index contributed by atoms with van der Waals surface area (Å²) >= 11 is 0. The van der Waals surface area contributed by atoms with Gasteiger partial charge in [0, 0.05) is 25.8 Å². The van der Waals surface area contributed by atoms with E-state index in [4.69, 9.17) is 4.98 Å². The van der Waals surface area contributed by atoms with Crippen LogP contribution in [0, 0.1) is 26.7 Å². The molecule has 0 unspecified atom stereocenters. The normalized spacial score (nSPS) is 15.8. The van der Waals surface area contributed by atoms with E-state index >= 15 is 0 Å². The molecule has 0 fully saturated rings. The summed E-state index contributed by atoms with van der Waals surface area (Å²) in [6.45, 7) is 10.1. The molecule has 33 heavy (non-hydrogen) atoms. The Balaban J connectivity index is 1.71. The van der Waals surface area contributed by atoms with Gasteiger partial charge in [-0.1, -0.05) is 42.8 Å². The Hall–Kier alpha value is -3.61. The lowest BCUT2D eigenvalue weighted by Gasteiger charge is -2.33. The standard InChI is InChI=1S/C26H29N5O2/c1-16-6-9-20(10-7-16)15-31-24(32)22-23(28(5)26(31)33)27-25-29(13-17(2)14-30(22)25)21-11-8-18(3)19(4)12-21/h6-12,17H,13-15H2,1-5H3/t17-/m0/s1. The number of anilines is 2. The smallest absolute Gasteiger partial charge is 0.312 e. The molecule has 4 aromatic rings. The van der Waals surface area contributed by atoms with E-state index in [1.807, 2.05) is 35.8 Å². The van der Waals surface area contributed by atoms with Crippen LogP contribution in [-0.2, 0) is 20.1 Å². The van der Waals surface area contributed by atoms with Crippen LogP contribution in [0.5, 0.6) is 0 Å². The summed E-state index contributed by atoms with van der Waals surface area (Å²) < 4.78 is 4.81. The zero-order valence-electron chi connectivity index (χ0n) is 19.8. The molecule has 2 aromatic heterocycles. The molecule has 7 heteroatoms. The maximum absolute atomic E-state index is 13.6. The van der Waals surface area contributed by atoms with E-state index in [1.54, 1.807) is 7.05 Å². The number of aromatic nitrogens is 4. The van der Waals surface area contributed by atoms with Gasteiger partial charge in [0.15, 0.2) is 11.2 Å². The van der Waals surface area contributed by atoms with Gasteiger partial charge in [-0.25, -0.2) is 4.79 Å². The van der Waals surface area contributed by atoms with E-state index in [2.05, 4.69) is 43.9 Å². The van der Waals surface area contributed by atoms with Gasteiger partial charge < -0.3 is 9.47 Å². The molecule has 1 aliphatic heterocycles. The lowest BCUT2D eigenvalue weighted by molar-refractivity contribution is 0.458. The lowest BCUT2D eigenvalue weighted by atomic mass is 10.1. The number of nitrogens with zero attached hydrogens (tertiary/aromatic N) is 5. The molecule has 3 heterocycles. The Kier molecular flexibility index (Phi) is 5.00. The van der Waals surface area contributed by atoms with Crippen LogP contribution in [0.2, 0.25) is 0 Å². The van der Waals surface area contributed by atoms with Gasteiger partial charge in [0.25, 0.3) is 5.56 Å². The second kappa shape index (κ2) is 7.76. The van der Waals surface area contributed by atoms with E-state index in [1.165, 1.54) is 20.3 Å². The van der Waals surface area contributed by atoms with E-state index in [9.17, 15) is 9.59 Å². The summed E-state index contributed by atoms with van der Waals surface area (Å²) in [6, 6.07) is 14.3. The molecule has 7 nitrogen and oxygen atoms in total. The Labute approximate surface area is 192 Å². The number of hydrogen-bond donors (Lipinski definition) is 0. The summed E-state index contributed by atoms with van der Waals surface area (Å²) in [5, 5.41) is 0. The second-order valence-corrected chi connectivity index (χ2v) is 9.40. The molecule has 0 bridgehead atoms. The first kappa shape index (κ1) is 21.2. The van der Waals surface area contributed by atoms with Gasteiger partial charge in [0.2, 0.25) is 5.95 Å². The molecular formula is C26H29N5O2. The van der Waals surface area contributed by atoms with Crippen molar-refractivity contribution in [1.82, 2.24) is 18.7 Å². The summed E-state index contributed by atoms with van der Waals surface area (Å²) in [4.78, 5) is 33.8. The van der Waals surface area contributed by atoms with E-state index in [0.717, 1.165) is 23.4 Å². The van der Waals surface area contributed by atoms with Gasteiger partial charge in [-0.2, -0.15) is 4.98 Å². The molecular weight excluding hydrogens is 414 g/mol. The fourth-order valence-corrected chi connectivity index (χ4v) is 4.63. The fourth-order valence-electron chi connectivity index (χ4n) is 4.63. The minimum Gasteiger partial charge on any atom is -0.312 e. The van der Waals surface area contributed by atoms with Crippen molar-refractivity contribution in [2.45, 2.75) is 40.8 Å². The maximum Gasteiger partial charge on any atom is 0.332 e. The van der Waals surface area contributed by atoms with Crippen LogP contribution < -0.4 is 16.1 Å². The van der Waals surface area contributed by atoms with Gasteiger partial charge in [-0.15, -0.1) is 0 Å². The molecule has 0 N–H and O–H groups in total. The fraction of sp³-hybridized carbons (Fsp3) is 0.346. The summed E-state index contributed by atoms with van der Waals surface area (Å²) in [6.07, 6.45) is 0. The quantitative estimate of drug-likeness (QED) is 0.485. The third kappa shape index (κ3) is 3.48. The molecule has 0 saturated carbocycles. The Morgan fingerprint density at radius 3 is 2.39 bits per heavy atom. The molecule has 0 spiro atoms. The van der Waals surface area contributed by atoms with Crippen molar-refractivity contribution in [3.63, 3.8) is 0 Å². The number of fused-ring (bicyclic) bond motifs is 3. The molecule has 5 rings (SSSR count). The highest BCUT2D eigenvalue weighted by Gasteiger charge is 2.30. The SMILES string of the molecule is Cc1ccc(Cn2c(=O)c3c(nc4n3C[C@@H](C)CN4c3ccc(C)c(C)c3)n(C)c2=O)cc1. The highest BCUT2D eigenvalue weighted by molar-refractivity contribution is 5.77. The van der Waals surface area contributed by atoms with Gasteiger partial charge in [0.05, 0.1) is 6.54 Å². The largest absolute Gasteiger partial charge is 0.332 e. The second-order valence-electron chi connectivity index (χ2n) is 9.40. The van der Waals surface area contributed by atoms with Crippen molar-refractivity contribution < 1.29 is 0 Å². The van der Waals surface area contributed by atoms with Gasteiger partial charge in [0.1, 0.15) is 0 Å². The molecule has 1 atom stereocenters. The first-order chi connectivity index (χ1) is 15.7. The van der Waals surface area contributed by atoms with Crippen LogP contribution in [-0.4, -0.2) is 25.2 Å². The van der Waals surface area contributed by atoms with Crippen molar-refractivity contribution in [2.24, 2.45) is 13.0 Å². The number of imidazole rings is 1. The summed E-state index contributed by atoms with van der Waals surface area (Å²) in [5.74, 6) is 1.03. The predicted molar refractivity (Wildman–Crippen MR) is 132 cm³/mol. The van der Waals surface area contributed by atoms with E-state index < -0.39 is 0 Å². The zero-order valence-corrected chi connectivity index (χ0v) is 19.8. The van der Waals surface area contributed by atoms with Crippen molar-refractivity contribution in [3.8, 4) is 0 Å². The Morgan fingerprint density at radius 1 is 0.970 bits per heavy atom. The van der Waals surface area contributed by atoms with Crippen LogP contribution in [0.25, 0.3) is 11.2 Å². The average molecular weight is 444 g/mol. The first-order valence-corrected chi connectivity index (χ1v) is 11.3. The lowest BCUT2D eigenvalue weighted by Crippen LogP contribution is -2.40. The van der Waals surface area contributed by atoms with Crippen molar-refractivity contribution in [2.75, 3.05) is 11.4 Å². The van der Waals surface area contributed by atoms with Gasteiger partial charge >= 0.3 is 5.69 Å². The molecule has 2 aromatic carbocycles. The third-order valence-corrected chi connectivity index (χ3v) is 6.71. The molecule has 0 aliphatic carbocycles. The minimum absolute atomic E-state index is 0.235. The zero-order chi connectivity index (χ0) is 23.4. The van der Waals surface area contributed by atoms with Gasteiger partial charge in [-0.05, 0) is 55.5 Å². The van der Waals surface area contributed by atoms with Crippen molar-refractivity contribution in [1.29, 1.82) is 0 Å². The number of rotatable bonds is 3. The molecule has 170 valence electrons. The predicted octanol–water partition coefficient (Wildman–Crippen LogP) is 3.66. The summed E-state index contributed by atoms with van der Waals surface area (Å²) in [7, 11) is 1.69. The van der Waals surface area contributed by atoms with Crippen LogP contribution in [0.3, 0.4) is 0 Å². The molecule has 0 amide bonds. The topological polar surface area (TPSA) is 65.1 Å². The Bertz CT molecular complexity index is 1490. The van der Waals surface area contributed by atoms with Crippen LogP contribution in [0.15, 0.2) is 52.1 Å². The summed E-state index contributed by atoms with van der Waals surface area (Å²) in [5.41, 5.74) is 5.83. The maximum atomic E-state index is 13.6. The van der Waals surface area contributed by atoms with Crippen LogP contribution in [0.4, 0.5) is 11.6 Å². The minimum atomic E-state index is -0.352. The number of aryl methyl sites for hydroxylation is 4.